The highest BCUT2D eigenvalue weighted by atomic mass is 32.2. The molecule has 1 atom stereocenters. The van der Waals surface area contributed by atoms with Crippen LogP contribution in [0, 0.1) is 0 Å². The number of likely N-dealkylation sites (N-methyl/N-ethyl adjacent to an activating group) is 1. The van der Waals surface area contributed by atoms with E-state index >= 15 is 0 Å². The van der Waals surface area contributed by atoms with Crippen molar-refractivity contribution < 1.29 is 21.6 Å². The topological polar surface area (TPSA) is 75.4 Å². The molecule has 0 saturated carbocycles. The zero-order chi connectivity index (χ0) is 12.3. The van der Waals surface area contributed by atoms with E-state index in [1.807, 2.05) is 0 Å². The van der Waals surface area contributed by atoms with Crippen molar-refractivity contribution in [3.63, 3.8) is 0 Å². The number of halogens is 3. The first-order valence-corrected chi connectivity index (χ1v) is 5.52. The van der Waals surface area contributed by atoms with Crippen LogP contribution in [0.5, 0.6) is 0 Å². The molecule has 0 aromatic heterocycles. The van der Waals surface area contributed by atoms with Crippen LogP contribution in [0.25, 0.3) is 0 Å². The fraction of sp³-hybridized carbons (Fsp3) is 1.00. The van der Waals surface area contributed by atoms with Crippen molar-refractivity contribution in [2.24, 2.45) is 5.73 Å². The van der Waals surface area contributed by atoms with E-state index in [0.29, 0.717) is 0 Å². The van der Waals surface area contributed by atoms with E-state index in [9.17, 15) is 21.6 Å². The summed E-state index contributed by atoms with van der Waals surface area (Å²) in [4.78, 5) is 0. The number of rotatable bonds is 5. The van der Waals surface area contributed by atoms with Crippen LogP contribution < -0.4 is 10.5 Å². The Hall–Kier alpha value is -0.380. The molecule has 0 bridgehead atoms. The molecule has 0 aliphatic carbocycles. The molecule has 0 aromatic rings. The molecule has 0 aliphatic rings. The zero-order valence-corrected chi connectivity index (χ0v) is 9.19. The SMILES string of the molecule is CC(N)CN(C)S(=O)(=O)NCC(F)(F)F. The number of alkyl halides is 3. The van der Waals surface area contributed by atoms with Gasteiger partial charge < -0.3 is 5.73 Å². The molecule has 0 radical (unpaired) electrons. The van der Waals surface area contributed by atoms with Crippen LogP contribution in [0.15, 0.2) is 0 Å². The minimum atomic E-state index is -4.57. The standard InChI is InChI=1S/C6H14F3N3O2S/c1-5(10)3-12(2)15(13,14)11-4-6(7,8)9/h5,11H,3-4,10H2,1-2H3. The van der Waals surface area contributed by atoms with E-state index in [1.165, 1.54) is 4.72 Å². The van der Waals surface area contributed by atoms with Crippen molar-refractivity contribution in [1.82, 2.24) is 9.03 Å². The third-order valence-electron chi connectivity index (χ3n) is 1.41. The van der Waals surface area contributed by atoms with Crippen molar-refractivity contribution in [3.05, 3.63) is 0 Å². The van der Waals surface area contributed by atoms with E-state index in [-0.39, 0.29) is 6.54 Å². The minimum absolute atomic E-state index is 0.0484. The lowest BCUT2D eigenvalue weighted by atomic mass is 10.4. The summed E-state index contributed by atoms with van der Waals surface area (Å²) in [5.41, 5.74) is 5.32. The van der Waals surface area contributed by atoms with Gasteiger partial charge in [-0.2, -0.15) is 30.6 Å². The molecule has 0 spiro atoms. The van der Waals surface area contributed by atoms with Crippen molar-refractivity contribution in [2.45, 2.75) is 19.1 Å². The number of hydrogen-bond acceptors (Lipinski definition) is 3. The van der Waals surface area contributed by atoms with Gasteiger partial charge in [-0.05, 0) is 6.92 Å². The molecular formula is C6H14F3N3O2S. The van der Waals surface area contributed by atoms with Gasteiger partial charge in [0, 0.05) is 19.6 Å². The van der Waals surface area contributed by atoms with Gasteiger partial charge in [0.05, 0.1) is 0 Å². The van der Waals surface area contributed by atoms with Crippen LogP contribution in [-0.4, -0.2) is 45.1 Å². The van der Waals surface area contributed by atoms with E-state index in [4.69, 9.17) is 5.73 Å². The third-order valence-corrected chi connectivity index (χ3v) is 2.89. The quantitative estimate of drug-likeness (QED) is 0.700. The fourth-order valence-electron chi connectivity index (χ4n) is 0.787. The van der Waals surface area contributed by atoms with Crippen LogP contribution in [0.1, 0.15) is 6.92 Å². The molecule has 0 fully saturated rings. The number of nitrogens with zero attached hydrogens (tertiary/aromatic N) is 1. The molecule has 3 N–H and O–H groups in total. The van der Waals surface area contributed by atoms with Gasteiger partial charge in [-0.15, -0.1) is 0 Å². The lowest BCUT2D eigenvalue weighted by Gasteiger charge is -2.19. The average Bonchev–Trinajstić information content (AvgIpc) is 1.98. The molecule has 0 heterocycles. The Morgan fingerprint density at radius 2 is 1.93 bits per heavy atom. The van der Waals surface area contributed by atoms with Gasteiger partial charge in [-0.25, -0.2) is 0 Å². The second-order valence-electron chi connectivity index (χ2n) is 3.20. The monoisotopic (exact) mass is 249 g/mol. The van der Waals surface area contributed by atoms with Gasteiger partial charge in [0.2, 0.25) is 0 Å². The molecule has 9 heteroatoms. The third kappa shape index (κ3) is 6.66. The van der Waals surface area contributed by atoms with Crippen molar-refractivity contribution in [2.75, 3.05) is 20.1 Å². The Bertz CT molecular complexity index is 288. The summed E-state index contributed by atoms with van der Waals surface area (Å²) < 4.78 is 59.7. The molecule has 0 rings (SSSR count). The largest absolute Gasteiger partial charge is 0.402 e. The van der Waals surface area contributed by atoms with E-state index in [0.717, 1.165) is 11.4 Å². The normalized spacial score (nSPS) is 15.7. The molecule has 5 nitrogen and oxygen atoms in total. The van der Waals surface area contributed by atoms with Gasteiger partial charge in [-0.3, -0.25) is 0 Å². The summed E-state index contributed by atoms with van der Waals surface area (Å²) in [6.45, 7) is -0.0818. The van der Waals surface area contributed by atoms with Gasteiger partial charge in [0.25, 0.3) is 10.2 Å². The molecule has 0 saturated heterocycles. The first kappa shape index (κ1) is 14.6. The maximum atomic E-state index is 11.7. The van der Waals surface area contributed by atoms with Crippen molar-refractivity contribution >= 4 is 10.2 Å². The highest BCUT2D eigenvalue weighted by Gasteiger charge is 2.30. The summed E-state index contributed by atoms with van der Waals surface area (Å²) in [5, 5.41) is 0. The van der Waals surface area contributed by atoms with Crippen molar-refractivity contribution in [3.8, 4) is 0 Å². The van der Waals surface area contributed by atoms with Crippen LogP contribution in [-0.2, 0) is 10.2 Å². The highest BCUT2D eigenvalue weighted by Crippen LogP contribution is 2.13. The number of nitrogens with two attached hydrogens (primary N) is 1. The first-order chi connectivity index (χ1) is 6.54. The summed E-state index contributed by atoms with van der Waals surface area (Å²) in [7, 11) is -2.95. The van der Waals surface area contributed by atoms with Crippen LogP contribution >= 0.6 is 0 Å². The van der Waals surface area contributed by atoms with Gasteiger partial charge in [0.15, 0.2) is 0 Å². The molecular weight excluding hydrogens is 235 g/mol. The maximum absolute atomic E-state index is 11.7. The van der Waals surface area contributed by atoms with Gasteiger partial charge in [-0.1, -0.05) is 0 Å². The minimum Gasteiger partial charge on any atom is -0.327 e. The Kier molecular flexibility index (Phi) is 4.97. The molecule has 0 aliphatic heterocycles. The average molecular weight is 249 g/mol. The predicted octanol–water partition coefficient (Wildman–Crippen LogP) is -0.338. The summed E-state index contributed by atoms with van der Waals surface area (Å²) >= 11 is 0. The molecule has 0 amide bonds. The van der Waals surface area contributed by atoms with E-state index in [1.54, 1.807) is 6.92 Å². The first-order valence-electron chi connectivity index (χ1n) is 4.08. The Balaban J connectivity index is 4.31. The van der Waals surface area contributed by atoms with Crippen LogP contribution in [0.2, 0.25) is 0 Å². The smallest absolute Gasteiger partial charge is 0.327 e. The second-order valence-corrected chi connectivity index (χ2v) is 5.06. The number of nitrogens with one attached hydrogen (secondary N) is 1. The van der Waals surface area contributed by atoms with Gasteiger partial charge in [0.1, 0.15) is 6.54 Å². The molecule has 92 valence electrons. The van der Waals surface area contributed by atoms with Gasteiger partial charge >= 0.3 is 6.18 Å². The fourth-order valence-corrected chi connectivity index (χ4v) is 1.78. The molecule has 15 heavy (non-hydrogen) atoms. The van der Waals surface area contributed by atoms with E-state index < -0.39 is 29.0 Å². The summed E-state index contributed by atoms with van der Waals surface area (Å²) in [5.74, 6) is 0. The summed E-state index contributed by atoms with van der Waals surface area (Å²) in [6.07, 6.45) is -4.57. The van der Waals surface area contributed by atoms with Crippen molar-refractivity contribution in [1.29, 1.82) is 0 Å². The maximum Gasteiger partial charge on any atom is 0.402 e. The Morgan fingerprint density at radius 1 is 1.47 bits per heavy atom. The lowest BCUT2D eigenvalue weighted by molar-refractivity contribution is -0.121. The molecule has 1 unspecified atom stereocenters. The summed E-state index contributed by atoms with van der Waals surface area (Å²) in [6, 6.07) is -0.447. The number of hydrogen-bond donors (Lipinski definition) is 2. The van der Waals surface area contributed by atoms with E-state index in [2.05, 4.69) is 0 Å². The highest BCUT2D eigenvalue weighted by molar-refractivity contribution is 7.87. The van der Waals surface area contributed by atoms with Crippen LogP contribution in [0.4, 0.5) is 13.2 Å². The second kappa shape index (κ2) is 5.10. The predicted molar refractivity (Wildman–Crippen MR) is 49.3 cm³/mol. The Morgan fingerprint density at radius 3 is 2.27 bits per heavy atom. The Labute approximate surface area is 86.6 Å². The van der Waals surface area contributed by atoms with Crippen LogP contribution in [0.3, 0.4) is 0 Å². The molecule has 0 aromatic carbocycles. The zero-order valence-electron chi connectivity index (χ0n) is 8.37. The lowest BCUT2D eigenvalue weighted by Crippen LogP contribution is -2.45.